The van der Waals surface area contributed by atoms with Crippen LogP contribution in [-0.2, 0) is 0 Å². The number of likely N-dealkylation sites (tertiary alicyclic amines) is 1. The van der Waals surface area contributed by atoms with Gasteiger partial charge in [-0.15, -0.1) is 0 Å². The summed E-state index contributed by atoms with van der Waals surface area (Å²) in [5.41, 5.74) is 0. The highest BCUT2D eigenvalue weighted by Gasteiger charge is 2.16. The van der Waals surface area contributed by atoms with E-state index in [2.05, 4.69) is 18.7 Å². The van der Waals surface area contributed by atoms with Crippen molar-refractivity contribution in [2.75, 3.05) is 13.1 Å². The summed E-state index contributed by atoms with van der Waals surface area (Å²) in [5.74, 6) is 0. The van der Waals surface area contributed by atoms with Crippen molar-refractivity contribution in [1.29, 1.82) is 0 Å². The van der Waals surface area contributed by atoms with E-state index in [1.54, 1.807) is 0 Å². The number of hydrogen-bond donors (Lipinski definition) is 0. The summed E-state index contributed by atoms with van der Waals surface area (Å²) >= 11 is 0. The highest BCUT2D eigenvalue weighted by molar-refractivity contribution is 4.72. The Kier molecular flexibility index (Phi) is 1.90. The Labute approximate surface area is 51.7 Å². The fourth-order valence-electron chi connectivity index (χ4n) is 1.46. The van der Waals surface area contributed by atoms with Crippen LogP contribution in [0.5, 0.6) is 0 Å². The van der Waals surface area contributed by atoms with Crippen molar-refractivity contribution >= 4 is 0 Å². The van der Waals surface area contributed by atoms with Crippen LogP contribution in [0.15, 0.2) is 0 Å². The fourth-order valence-corrected chi connectivity index (χ4v) is 1.46. The molecule has 1 nitrogen and oxygen atoms in total. The van der Waals surface area contributed by atoms with Gasteiger partial charge in [-0.2, -0.15) is 0 Å². The third-order valence-corrected chi connectivity index (χ3v) is 2.10. The summed E-state index contributed by atoms with van der Waals surface area (Å²) in [6.45, 7) is 7.12. The van der Waals surface area contributed by atoms with Crippen molar-refractivity contribution in [2.24, 2.45) is 0 Å². The molecule has 0 N–H and O–H groups in total. The third kappa shape index (κ3) is 1.03. The van der Waals surface area contributed by atoms with Crippen LogP contribution in [0.4, 0.5) is 0 Å². The van der Waals surface area contributed by atoms with Crippen molar-refractivity contribution in [1.82, 2.24) is 4.90 Å². The first kappa shape index (κ1) is 6.09. The van der Waals surface area contributed by atoms with Gasteiger partial charge in [0.25, 0.3) is 0 Å². The lowest BCUT2D eigenvalue weighted by Crippen LogP contribution is -2.25. The standard InChI is InChI=1S/C7H15N/c1-3-8-6-4-5-7(8)2/h7H,3-6H2,1-2H3/t7-/m1/s1. The van der Waals surface area contributed by atoms with Gasteiger partial charge in [-0.25, -0.2) is 0 Å². The molecule has 1 saturated heterocycles. The zero-order chi connectivity index (χ0) is 5.98. The van der Waals surface area contributed by atoms with Gasteiger partial charge in [0.2, 0.25) is 0 Å². The van der Waals surface area contributed by atoms with E-state index in [4.69, 9.17) is 0 Å². The van der Waals surface area contributed by atoms with Crippen LogP contribution in [0.3, 0.4) is 0 Å². The van der Waals surface area contributed by atoms with Crippen LogP contribution in [0.2, 0.25) is 0 Å². The first-order valence-electron chi connectivity index (χ1n) is 3.58. The van der Waals surface area contributed by atoms with Gasteiger partial charge in [-0.3, -0.25) is 0 Å². The van der Waals surface area contributed by atoms with E-state index in [0.29, 0.717) is 0 Å². The summed E-state index contributed by atoms with van der Waals surface area (Å²) in [6, 6.07) is 0.861. The second kappa shape index (κ2) is 2.49. The van der Waals surface area contributed by atoms with E-state index in [9.17, 15) is 0 Å². The maximum absolute atomic E-state index is 2.53. The smallest absolute Gasteiger partial charge is 0.00672 e. The Morgan fingerprint density at radius 2 is 2.38 bits per heavy atom. The molecule has 0 aromatic rings. The fraction of sp³-hybridized carbons (Fsp3) is 1.00. The van der Waals surface area contributed by atoms with Gasteiger partial charge >= 0.3 is 0 Å². The molecule has 0 aromatic carbocycles. The van der Waals surface area contributed by atoms with Crippen LogP contribution >= 0.6 is 0 Å². The molecule has 0 unspecified atom stereocenters. The Morgan fingerprint density at radius 3 is 2.62 bits per heavy atom. The molecule has 0 radical (unpaired) electrons. The second-order valence-corrected chi connectivity index (χ2v) is 2.62. The number of hydrogen-bond acceptors (Lipinski definition) is 1. The lowest BCUT2D eigenvalue weighted by molar-refractivity contribution is 0.284. The third-order valence-electron chi connectivity index (χ3n) is 2.10. The molecule has 0 bridgehead atoms. The van der Waals surface area contributed by atoms with Crippen LogP contribution < -0.4 is 0 Å². The Balaban J connectivity index is 2.30. The predicted molar refractivity (Wildman–Crippen MR) is 35.9 cm³/mol. The molecule has 1 atom stereocenters. The first-order chi connectivity index (χ1) is 3.84. The van der Waals surface area contributed by atoms with Crippen LogP contribution in [0, 0.1) is 0 Å². The number of rotatable bonds is 1. The molecule has 1 heteroatoms. The van der Waals surface area contributed by atoms with Crippen molar-refractivity contribution in [2.45, 2.75) is 32.7 Å². The van der Waals surface area contributed by atoms with Crippen molar-refractivity contribution in [3.63, 3.8) is 0 Å². The van der Waals surface area contributed by atoms with E-state index in [1.165, 1.54) is 25.9 Å². The molecule has 8 heavy (non-hydrogen) atoms. The largest absolute Gasteiger partial charge is 0.301 e. The molecule has 0 amide bonds. The maximum Gasteiger partial charge on any atom is 0.00672 e. The number of nitrogens with zero attached hydrogens (tertiary/aromatic N) is 1. The van der Waals surface area contributed by atoms with Crippen LogP contribution in [-0.4, -0.2) is 24.0 Å². The van der Waals surface area contributed by atoms with Gasteiger partial charge in [0.1, 0.15) is 0 Å². The molecule has 1 fully saturated rings. The quantitative estimate of drug-likeness (QED) is 0.498. The molecule has 0 saturated carbocycles. The minimum absolute atomic E-state index is 0.861. The highest BCUT2D eigenvalue weighted by atomic mass is 15.2. The first-order valence-corrected chi connectivity index (χ1v) is 3.58. The minimum Gasteiger partial charge on any atom is -0.301 e. The van der Waals surface area contributed by atoms with E-state index in [-0.39, 0.29) is 0 Å². The minimum atomic E-state index is 0.861. The van der Waals surface area contributed by atoms with Crippen molar-refractivity contribution in [3.05, 3.63) is 0 Å². The van der Waals surface area contributed by atoms with Gasteiger partial charge in [-0.05, 0) is 32.9 Å². The molecule has 48 valence electrons. The zero-order valence-electron chi connectivity index (χ0n) is 5.85. The monoisotopic (exact) mass is 113 g/mol. The Hall–Kier alpha value is -0.0400. The molecule has 0 spiro atoms. The molecule has 0 aromatic heterocycles. The van der Waals surface area contributed by atoms with Crippen molar-refractivity contribution < 1.29 is 0 Å². The van der Waals surface area contributed by atoms with Crippen molar-refractivity contribution in [3.8, 4) is 0 Å². The van der Waals surface area contributed by atoms with Crippen LogP contribution in [0.1, 0.15) is 26.7 Å². The van der Waals surface area contributed by atoms with Crippen LogP contribution in [0.25, 0.3) is 0 Å². The molecule has 0 aliphatic carbocycles. The van der Waals surface area contributed by atoms with E-state index < -0.39 is 0 Å². The van der Waals surface area contributed by atoms with E-state index in [1.807, 2.05) is 0 Å². The predicted octanol–water partition coefficient (Wildman–Crippen LogP) is 1.49. The molecule has 1 aliphatic heterocycles. The Bertz CT molecular complexity index is 70.8. The zero-order valence-corrected chi connectivity index (χ0v) is 5.85. The van der Waals surface area contributed by atoms with E-state index >= 15 is 0 Å². The second-order valence-electron chi connectivity index (χ2n) is 2.62. The summed E-state index contributed by atoms with van der Waals surface area (Å²) in [7, 11) is 0. The topological polar surface area (TPSA) is 3.24 Å². The van der Waals surface area contributed by atoms with Gasteiger partial charge in [-0.1, -0.05) is 6.92 Å². The SMILES string of the molecule is CCN1CCC[C@H]1C. The summed E-state index contributed by atoms with van der Waals surface area (Å²) in [5, 5.41) is 0. The molecule has 1 rings (SSSR count). The van der Waals surface area contributed by atoms with Gasteiger partial charge in [0.15, 0.2) is 0 Å². The molecular formula is C7H15N. The average Bonchev–Trinajstić information content (AvgIpc) is 2.14. The summed E-state index contributed by atoms with van der Waals surface area (Å²) < 4.78 is 0. The Morgan fingerprint density at radius 1 is 1.62 bits per heavy atom. The maximum atomic E-state index is 2.53. The normalized spacial score (nSPS) is 31.5. The highest BCUT2D eigenvalue weighted by Crippen LogP contribution is 2.14. The lowest BCUT2D eigenvalue weighted by atomic mass is 10.2. The van der Waals surface area contributed by atoms with Gasteiger partial charge in [0, 0.05) is 6.04 Å². The summed E-state index contributed by atoms with van der Waals surface area (Å²) in [4.78, 5) is 2.53. The average molecular weight is 113 g/mol. The lowest BCUT2D eigenvalue weighted by Gasteiger charge is -2.17. The molecule has 1 heterocycles. The molecular weight excluding hydrogens is 98.1 g/mol. The van der Waals surface area contributed by atoms with E-state index in [0.717, 1.165) is 6.04 Å². The van der Waals surface area contributed by atoms with Gasteiger partial charge in [0.05, 0.1) is 0 Å². The summed E-state index contributed by atoms with van der Waals surface area (Å²) in [6.07, 6.45) is 2.82. The van der Waals surface area contributed by atoms with Gasteiger partial charge < -0.3 is 4.90 Å². The molecule has 1 aliphatic rings.